The van der Waals surface area contributed by atoms with Gasteiger partial charge in [0, 0.05) is 51.9 Å². The molecule has 6 aromatic carbocycles. The first-order valence-electron chi connectivity index (χ1n) is 20.8. The summed E-state index contributed by atoms with van der Waals surface area (Å²) in [6.07, 6.45) is 20.2. The van der Waals surface area contributed by atoms with Crippen LogP contribution in [0.15, 0.2) is 200 Å². The summed E-state index contributed by atoms with van der Waals surface area (Å²) in [6.45, 7) is 2.40. The van der Waals surface area contributed by atoms with Crippen molar-refractivity contribution < 1.29 is 9.47 Å². The number of nitrogens with zero attached hydrogens (tertiary/aromatic N) is 1. The van der Waals surface area contributed by atoms with Crippen LogP contribution in [-0.4, -0.2) is 6.10 Å². The number of anilines is 3. The van der Waals surface area contributed by atoms with Crippen LogP contribution in [0.4, 0.5) is 17.1 Å². The molecule has 6 aromatic rings. The number of benzene rings is 6. The second-order valence-corrected chi connectivity index (χ2v) is 16.4. The molecule has 2 aliphatic heterocycles. The van der Waals surface area contributed by atoms with Gasteiger partial charge in [-0.05, 0) is 113 Å². The Hall–Kier alpha value is -6.58. The summed E-state index contributed by atoms with van der Waals surface area (Å²) in [5.74, 6) is 5.04. The molecule has 282 valence electrons. The van der Waals surface area contributed by atoms with Crippen molar-refractivity contribution in [2.45, 2.75) is 49.5 Å². The molecule has 3 heteroatoms. The molecule has 5 unspecified atom stereocenters. The molecular formula is C55H45NO2. The van der Waals surface area contributed by atoms with Crippen LogP contribution in [0.25, 0.3) is 16.7 Å². The number of fused-ring (bicyclic) bond motifs is 6. The Bertz CT molecular complexity index is 2650. The largest absolute Gasteiger partial charge is 0.485 e. The number of rotatable bonds is 7. The molecule has 58 heavy (non-hydrogen) atoms. The standard InChI is InChI=1S/C55H45NO2/c1-36-33-41(21-30-47(36)40-9-3-2-4-10-40)37-15-24-44(25-16-37)56(45-26-17-38(18-27-45)42-22-31-50-48-11-5-7-13-52(48)57-54(50)34-42)46-28-19-39(20-29-46)43-23-32-51-49-12-6-8-14-53(49)58-55(51)35-43/h2-31,34-36,41,47-48,51-52H,32-33H2,1H3/t36?,41?,47?,48?,51-,52?/m1/s1. The summed E-state index contributed by atoms with van der Waals surface area (Å²) in [7, 11) is 0. The Morgan fingerprint density at radius 1 is 0.552 bits per heavy atom. The fourth-order valence-electron chi connectivity index (χ4n) is 9.82. The normalized spacial score (nSPS) is 23.4. The molecule has 0 bridgehead atoms. The Kier molecular flexibility index (Phi) is 8.61. The van der Waals surface area contributed by atoms with E-state index in [2.05, 4.69) is 200 Å². The molecule has 11 rings (SSSR count). The van der Waals surface area contributed by atoms with Crippen molar-refractivity contribution in [1.29, 1.82) is 0 Å². The Morgan fingerprint density at radius 2 is 1.24 bits per heavy atom. The van der Waals surface area contributed by atoms with Gasteiger partial charge in [-0.15, -0.1) is 0 Å². The zero-order chi connectivity index (χ0) is 38.6. The monoisotopic (exact) mass is 751 g/mol. The van der Waals surface area contributed by atoms with Gasteiger partial charge in [-0.25, -0.2) is 0 Å². The predicted molar refractivity (Wildman–Crippen MR) is 237 cm³/mol. The van der Waals surface area contributed by atoms with Gasteiger partial charge in [0.15, 0.2) is 0 Å². The molecule has 0 aromatic heterocycles. The third-order valence-electron chi connectivity index (χ3n) is 12.9. The Labute approximate surface area is 341 Å². The van der Waals surface area contributed by atoms with Crippen LogP contribution >= 0.6 is 0 Å². The van der Waals surface area contributed by atoms with E-state index in [1.165, 1.54) is 39.0 Å². The lowest BCUT2D eigenvalue weighted by molar-refractivity contribution is 0.269. The molecule has 0 saturated heterocycles. The molecule has 0 spiro atoms. The lowest BCUT2D eigenvalue weighted by Crippen LogP contribution is -2.16. The smallest absolute Gasteiger partial charge is 0.130 e. The Morgan fingerprint density at radius 3 is 2.02 bits per heavy atom. The van der Waals surface area contributed by atoms with Gasteiger partial charge >= 0.3 is 0 Å². The van der Waals surface area contributed by atoms with E-state index in [-0.39, 0.29) is 6.10 Å². The average molecular weight is 752 g/mol. The first-order chi connectivity index (χ1) is 28.6. The zero-order valence-electron chi connectivity index (χ0n) is 32.6. The molecule has 2 heterocycles. The summed E-state index contributed by atoms with van der Waals surface area (Å²) in [6, 6.07) is 53.2. The molecule has 0 N–H and O–H groups in total. The molecular weight excluding hydrogens is 707 g/mol. The third-order valence-corrected chi connectivity index (χ3v) is 12.9. The summed E-state index contributed by atoms with van der Waals surface area (Å²) in [5, 5.41) is 0. The number of ether oxygens (including phenoxy) is 2. The minimum atomic E-state index is 0.0869. The maximum Gasteiger partial charge on any atom is 0.130 e. The highest BCUT2D eigenvalue weighted by atomic mass is 16.5. The molecule has 6 atom stereocenters. The van der Waals surface area contributed by atoms with Crippen molar-refractivity contribution in [3.63, 3.8) is 0 Å². The van der Waals surface area contributed by atoms with E-state index in [0.29, 0.717) is 29.6 Å². The molecule has 5 aliphatic rings. The van der Waals surface area contributed by atoms with Crippen molar-refractivity contribution in [3.05, 3.63) is 228 Å². The minimum Gasteiger partial charge on any atom is -0.485 e. The maximum atomic E-state index is 6.36. The number of hydrogen-bond donors (Lipinski definition) is 0. The van der Waals surface area contributed by atoms with Gasteiger partial charge in [-0.1, -0.05) is 140 Å². The second kappa shape index (κ2) is 14.4. The summed E-state index contributed by atoms with van der Waals surface area (Å²) >= 11 is 0. The van der Waals surface area contributed by atoms with E-state index in [4.69, 9.17) is 9.47 Å². The predicted octanol–water partition coefficient (Wildman–Crippen LogP) is 14.1. The SMILES string of the molecule is CC1CC(c2ccc(N(c3ccc(C4=CC[C@H]5C(=C4)Oc4ccccc45)cc3)c3ccc(-c4ccc5c(c4)OC4C=CC=CC54)cc3)cc2)C=CC1c1ccccc1. The van der Waals surface area contributed by atoms with Crippen molar-refractivity contribution >= 4 is 22.6 Å². The van der Waals surface area contributed by atoms with Crippen LogP contribution in [0.3, 0.4) is 0 Å². The Balaban J connectivity index is 0.891. The number of hydrogen-bond acceptors (Lipinski definition) is 3. The molecule has 0 saturated carbocycles. The van der Waals surface area contributed by atoms with E-state index in [1.807, 2.05) is 6.07 Å². The van der Waals surface area contributed by atoms with Crippen LogP contribution in [0, 0.1) is 5.92 Å². The highest BCUT2D eigenvalue weighted by Crippen LogP contribution is 2.47. The van der Waals surface area contributed by atoms with E-state index in [9.17, 15) is 0 Å². The minimum absolute atomic E-state index is 0.0869. The lowest BCUT2D eigenvalue weighted by Gasteiger charge is -2.30. The van der Waals surface area contributed by atoms with Crippen LogP contribution < -0.4 is 14.4 Å². The second-order valence-electron chi connectivity index (χ2n) is 16.4. The highest BCUT2D eigenvalue weighted by molar-refractivity contribution is 5.82. The van der Waals surface area contributed by atoms with Gasteiger partial charge in [0.25, 0.3) is 0 Å². The van der Waals surface area contributed by atoms with E-state index >= 15 is 0 Å². The number of para-hydroxylation sites is 1. The van der Waals surface area contributed by atoms with Gasteiger partial charge < -0.3 is 14.4 Å². The first kappa shape index (κ1) is 34.7. The lowest BCUT2D eigenvalue weighted by atomic mass is 9.75. The fraction of sp³-hybridized carbons (Fsp3) is 0.164. The fourth-order valence-corrected chi connectivity index (χ4v) is 9.82. The van der Waals surface area contributed by atoms with Crippen LogP contribution in [0.2, 0.25) is 0 Å². The first-order valence-corrected chi connectivity index (χ1v) is 20.8. The van der Waals surface area contributed by atoms with E-state index in [0.717, 1.165) is 52.7 Å². The molecule has 3 aliphatic carbocycles. The number of allylic oxidation sites excluding steroid dienone is 8. The van der Waals surface area contributed by atoms with Gasteiger partial charge in [0.2, 0.25) is 0 Å². The van der Waals surface area contributed by atoms with Crippen molar-refractivity contribution in [2.24, 2.45) is 5.92 Å². The van der Waals surface area contributed by atoms with Crippen molar-refractivity contribution in [1.82, 2.24) is 0 Å². The van der Waals surface area contributed by atoms with Crippen LogP contribution in [0.1, 0.15) is 71.3 Å². The zero-order valence-corrected chi connectivity index (χ0v) is 32.6. The highest BCUT2D eigenvalue weighted by Gasteiger charge is 2.33. The van der Waals surface area contributed by atoms with Gasteiger partial charge in [0.05, 0.1) is 0 Å². The maximum absolute atomic E-state index is 6.36. The van der Waals surface area contributed by atoms with Crippen molar-refractivity contribution in [3.8, 4) is 22.6 Å². The summed E-state index contributed by atoms with van der Waals surface area (Å²) in [4.78, 5) is 2.37. The van der Waals surface area contributed by atoms with E-state index < -0.39 is 0 Å². The molecule has 3 nitrogen and oxygen atoms in total. The topological polar surface area (TPSA) is 21.7 Å². The van der Waals surface area contributed by atoms with Crippen LogP contribution in [-0.2, 0) is 0 Å². The molecule has 0 fully saturated rings. The molecule has 0 amide bonds. The average Bonchev–Trinajstić information content (AvgIpc) is 3.85. The third kappa shape index (κ3) is 6.23. The summed E-state index contributed by atoms with van der Waals surface area (Å²) < 4.78 is 12.7. The summed E-state index contributed by atoms with van der Waals surface area (Å²) in [5.41, 5.74) is 13.4. The van der Waals surface area contributed by atoms with E-state index in [1.54, 1.807) is 0 Å². The quantitative estimate of drug-likeness (QED) is 0.152. The molecule has 0 radical (unpaired) electrons. The van der Waals surface area contributed by atoms with Crippen LogP contribution in [0.5, 0.6) is 11.5 Å². The van der Waals surface area contributed by atoms with Gasteiger partial charge in [-0.3, -0.25) is 0 Å². The van der Waals surface area contributed by atoms with Crippen molar-refractivity contribution in [2.75, 3.05) is 4.90 Å². The van der Waals surface area contributed by atoms with Gasteiger partial charge in [0.1, 0.15) is 23.4 Å². The van der Waals surface area contributed by atoms with Gasteiger partial charge in [-0.2, -0.15) is 0 Å².